The number of aromatic nitrogens is 2. The van der Waals surface area contributed by atoms with E-state index in [1.165, 1.54) is 12.1 Å². The van der Waals surface area contributed by atoms with Gasteiger partial charge in [0, 0.05) is 44.8 Å². The Kier molecular flexibility index (Phi) is 5.43. The van der Waals surface area contributed by atoms with Crippen molar-refractivity contribution in [3.63, 3.8) is 0 Å². The summed E-state index contributed by atoms with van der Waals surface area (Å²) in [6.45, 7) is 3.97. The second kappa shape index (κ2) is 8.13. The highest BCUT2D eigenvalue weighted by molar-refractivity contribution is 5.94. The van der Waals surface area contributed by atoms with Gasteiger partial charge in [0.15, 0.2) is 0 Å². The molecule has 2 saturated heterocycles. The van der Waals surface area contributed by atoms with Crippen molar-refractivity contribution in [2.75, 3.05) is 37.7 Å². The Balaban J connectivity index is 1.55. The number of nitrogens with zero attached hydrogens (tertiary/aromatic N) is 4. The Hall–Kier alpha value is -2.34. The van der Waals surface area contributed by atoms with Crippen molar-refractivity contribution in [1.82, 2.24) is 14.5 Å². The summed E-state index contributed by atoms with van der Waals surface area (Å²) in [5.41, 5.74) is 1.89. The van der Waals surface area contributed by atoms with Crippen LogP contribution in [-0.2, 0) is 11.8 Å². The van der Waals surface area contributed by atoms with Crippen molar-refractivity contribution >= 4 is 11.7 Å². The van der Waals surface area contributed by atoms with Crippen LogP contribution in [-0.4, -0.2) is 53.2 Å². The zero-order valence-electron chi connectivity index (χ0n) is 16.0. The van der Waals surface area contributed by atoms with E-state index in [2.05, 4.69) is 39.8 Å². The molecule has 2 aromatic rings. The molecule has 6 heteroatoms. The van der Waals surface area contributed by atoms with Gasteiger partial charge in [-0.05, 0) is 37.1 Å². The smallest absolute Gasteiger partial charge is 0.255 e. The second-order valence-corrected chi connectivity index (χ2v) is 7.41. The molecule has 4 rings (SSSR count). The lowest BCUT2D eigenvalue weighted by Crippen LogP contribution is -2.37. The number of hydrogen-bond donors (Lipinski definition) is 0. The molecule has 27 heavy (non-hydrogen) atoms. The average molecular weight is 368 g/mol. The Morgan fingerprint density at radius 3 is 2.67 bits per heavy atom. The molecule has 1 unspecified atom stereocenters. The summed E-state index contributed by atoms with van der Waals surface area (Å²) in [5.74, 6) is 1.01. The molecule has 2 aromatic heterocycles. The van der Waals surface area contributed by atoms with Crippen LogP contribution >= 0.6 is 0 Å². The van der Waals surface area contributed by atoms with E-state index in [1.54, 1.807) is 6.20 Å². The number of hydrogen-bond acceptors (Lipinski definition) is 4. The molecule has 0 aliphatic carbocycles. The van der Waals surface area contributed by atoms with Gasteiger partial charge < -0.3 is 19.1 Å². The SMILES string of the molecule is Cn1cccc1C1CCCCCN1C(=O)c1ccc(N2CCOCC2)nc1. The van der Waals surface area contributed by atoms with Gasteiger partial charge in [0.05, 0.1) is 24.8 Å². The number of carbonyl (C=O) groups excluding carboxylic acids is 1. The van der Waals surface area contributed by atoms with E-state index in [9.17, 15) is 4.79 Å². The summed E-state index contributed by atoms with van der Waals surface area (Å²) in [6, 6.07) is 8.22. The molecule has 2 aliphatic heterocycles. The quantitative estimate of drug-likeness (QED) is 0.836. The minimum Gasteiger partial charge on any atom is -0.378 e. The van der Waals surface area contributed by atoms with E-state index in [0.717, 1.165) is 57.9 Å². The Labute approximate surface area is 160 Å². The van der Waals surface area contributed by atoms with Gasteiger partial charge in [-0.2, -0.15) is 0 Å². The number of carbonyl (C=O) groups is 1. The minimum atomic E-state index is 0.0872. The number of rotatable bonds is 3. The van der Waals surface area contributed by atoms with E-state index in [4.69, 9.17) is 4.74 Å². The zero-order valence-corrected chi connectivity index (χ0v) is 16.0. The molecule has 2 fully saturated rings. The largest absolute Gasteiger partial charge is 0.378 e. The average Bonchev–Trinajstić information content (AvgIpc) is 3.00. The molecule has 0 radical (unpaired) electrons. The lowest BCUT2D eigenvalue weighted by molar-refractivity contribution is 0.0674. The summed E-state index contributed by atoms with van der Waals surface area (Å²) in [6.07, 6.45) is 8.21. The summed E-state index contributed by atoms with van der Waals surface area (Å²) in [4.78, 5) is 22.1. The molecule has 0 bridgehead atoms. The first-order chi connectivity index (χ1) is 13.2. The van der Waals surface area contributed by atoms with Crippen molar-refractivity contribution in [2.45, 2.75) is 31.7 Å². The van der Waals surface area contributed by atoms with Gasteiger partial charge in [0.1, 0.15) is 5.82 Å². The van der Waals surface area contributed by atoms with E-state index in [-0.39, 0.29) is 11.9 Å². The van der Waals surface area contributed by atoms with Crippen LogP contribution < -0.4 is 4.90 Å². The van der Waals surface area contributed by atoms with Gasteiger partial charge in [-0.15, -0.1) is 0 Å². The third-order valence-corrected chi connectivity index (χ3v) is 5.67. The summed E-state index contributed by atoms with van der Waals surface area (Å²) < 4.78 is 7.53. The first-order valence-electron chi connectivity index (χ1n) is 9.95. The molecule has 0 N–H and O–H groups in total. The van der Waals surface area contributed by atoms with Gasteiger partial charge >= 0.3 is 0 Å². The van der Waals surface area contributed by atoms with Gasteiger partial charge in [0.25, 0.3) is 5.91 Å². The third-order valence-electron chi connectivity index (χ3n) is 5.67. The van der Waals surface area contributed by atoms with Crippen LogP contribution in [0.5, 0.6) is 0 Å². The van der Waals surface area contributed by atoms with Crippen LogP contribution in [0.1, 0.15) is 47.8 Å². The van der Waals surface area contributed by atoms with Crippen LogP contribution in [0, 0.1) is 0 Å². The highest BCUT2D eigenvalue weighted by atomic mass is 16.5. The third kappa shape index (κ3) is 3.86. The van der Waals surface area contributed by atoms with Gasteiger partial charge in [-0.25, -0.2) is 4.98 Å². The first-order valence-corrected chi connectivity index (χ1v) is 9.95. The first kappa shape index (κ1) is 18.0. The predicted octanol–water partition coefficient (Wildman–Crippen LogP) is 3.01. The van der Waals surface area contributed by atoms with Gasteiger partial charge in [0.2, 0.25) is 0 Å². The van der Waals surface area contributed by atoms with Crippen molar-refractivity contribution in [3.05, 3.63) is 47.9 Å². The monoisotopic (exact) mass is 368 g/mol. The molecule has 4 heterocycles. The minimum absolute atomic E-state index is 0.0872. The Morgan fingerprint density at radius 2 is 1.96 bits per heavy atom. The molecular formula is C21H28N4O2. The number of ether oxygens (including phenoxy) is 1. The number of anilines is 1. The molecular weight excluding hydrogens is 340 g/mol. The van der Waals surface area contributed by atoms with Crippen LogP contribution in [0.25, 0.3) is 0 Å². The maximum Gasteiger partial charge on any atom is 0.255 e. The number of pyridine rings is 1. The summed E-state index contributed by atoms with van der Waals surface area (Å²) >= 11 is 0. The van der Waals surface area contributed by atoms with Crippen LogP contribution in [0.15, 0.2) is 36.7 Å². The lowest BCUT2D eigenvalue weighted by Gasteiger charge is -2.31. The fourth-order valence-corrected chi connectivity index (χ4v) is 4.14. The number of aryl methyl sites for hydroxylation is 1. The number of morpholine rings is 1. The fraction of sp³-hybridized carbons (Fsp3) is 0.524. The van der Waals surface area contributed by atoms with Gasteiger partial charge in [-0.3, -0.25) is 4.79 Å². The van der Waals surface area contributed by atoms with Crippen LogP contribution in [0.4, 0.5) is 5.82 Å². The van der Waals surface area contributed by atoms with E-state index >= 15 is 0 Å². The molecule has 1 atom stereocenters. The van der Waals surface area contributed by atoms with Gasteiger partial charge in [-0.1, -0.05) is 12.8 Å². The highest BCUT2D eigenvalue weighted by Gasteiger charge is 2.29. The van der Waals surface area contributed by atoms with Crippen molar-refractivity contribution in [1.29, 1.82) is 0 Å². The molecule has 0 saturated carbocycles. The standard InChI is InChI=1S/C21H28N4O2/c1-23-10-5-7-18(23)19-6-3-2-4-11-25(19)21(26)17-8-9-20(22-16-17)24-12-14-27-15-13-24/h5,7-10,16,19H,2-4,6,11-15H2,1H3. The molecule has 1 amide bonds. The van der Waals surface area contributed by atoms with E-state index < -0.39 is 0 Å². The van der Waals surface area contributed by atoms with E-state index in [1.807, 2.05) is 17.0 Å². The second-order valence-electron chi connectivity index (χ2n) is 7.41. The Morgan fingerprint density at radius 1 is 1.11 bits per heavy atom. The lowest BCUT2D eigenvalue weighted by atomic mass is 10.1. The zero-order chi connectivity index (χ0) is 18.6. The van der Waals surface area contributed by atoms with Crippen molar-refractivity contribution in [2.24, 2.45) is 7.05 Å². The predicted molar refractivity (Wildman–Crippen MR) is 105 cm³/mol. The van der Waals surface area contributed by atoms with Crippen molar-refractivity contribution < 1.29 is 9.53 Å². The maximum absolute atomic E-state index is 13.3. The number of likely N-dealkylation sites (tertiary alicyclic amines) is 1. The molecule has 0 aromatic carbocycles. The van der Waals surface area contributed by atoms with Crippen molar-refractivity contribution in [3.8, 4) is 0 Å². The van der Waals surface area contributed by atoms with Crippen LogP contribution in [0.3, 0.4) is 0 Å². The summed E-state index contributed by atoms with van der Waals surface area (Å²) in [7, 11) is 2.06. The molecule has 0 spiro atoms. The van der Waals surface area contributed by atoms with Crippen LogP contribution in [0.2, 0.25) is 0 Å². The van der Waals surface area contributed by atoms with E-state index in [0.29, 0.717) is 5.56 Å². The summed E-state index contributed by atoms with van der Waals surface area (Å²) in [5, 5.41) is 0. The Bertz CT molecular complexity index is 765. The topological polar surface area (TPSA) is 50.6 Å². The molecule has 2 aliphatic rings. The number of amides is 1. The highest BCUT2D eigenvalue weighted by Crippen LogP contribution is 2.31. The normalized spacial score (nSPS) is 21.1. The maximum atomic E-state index is 13.3. The molecule has 144 valence electrons. The molecule has 6 nitrogen and oxygen atoms in total. The fourth-order valence-electron chi connectivity index (χ4n) is 4.14.